The number of aromatic nitrogens is 1. The molecule has 2 aromatic carbocycles. The van der Waals surface area contributed by atoms with Crippen molar-refractivity contribution in [3.8, 4) is 11.5 Å². The van der Waals surface area contributed by atoms with Gasteiger partial charge >= 0.3 is 18.2 Å². The second-order valence-electron chi connectivity index (χ2n) is 11.0. The van der Waals surface area contributed by atoms with Crippen molar-refractivity contribution >= 4 is 40.4 Å². The van der Waals surface area contributed by atoms with E-state index in [1.807, 2.05) is 0 Å². The van der Waals surface area contributed by atoms with Gasteiger partial charge in [-0.2, -0.15) is 4.90 Å². The topological polar surface area (TPSA) is 137 Å². The number of carbonyl (C=O) groups is 3. The van der Waals surface area contributed by atoms with Crippen LogP contribution in [-0.2, 0) is 14.3 Å². The van der Waals surface area contributed by atoms with Crippen LogP contribution in [-0.4, -0.2) is 53.7 Å². The Morgan fingerprint density at radius 3 is 1.98 bits per heavy atom. The first-order chi connectivity index (χ1) is 19.0. The third-order valence-corrected chi connectivity index (χ3v) is 5.48. The SMILES string of the molecule is COc1cc(F)c(C(Nc2ccc3c(N(C(=O)OC(C)(C)C)C(=O)OC(C)(C)C)nccc3c2)C(=O)O)cc1OC. The van der Waals surface area contributed by atoms with Crippen molar-refractivity contribution < 1.29 is 42.8 Å². The number of halogens is 1. The van der Waals surface area contributed by atoms with Crippen molar-refractivity contribution in [2.45, 2.75) is 58.8 Å². The number of methoxy groups -OCH3 is 2. The Morgan fingerprint density at radius 1 is 0.902 bits per heavy atom. The molecular weight excluding hydrogens is 537 g/mol. The second kappa shape index (κ2) is 11.9. The Bertz CT molecular complexity index is 1430. The Morgan fingerprint density at radius 2 is 1.46 bits per heavy atom. The monoisotopic (exact) mass is 571 g/mol. The minimum absolute atomic E-state index is 0.0433. The zero-order valence-electron chi connectivity index (χ0n) is 24.2. The van der Waals surface area contributed by atoms with E-state index in [-0.39, 0.29) is 22.9 Å². The molecule has 0 aliphatic heterocycles. The molecule has 0 saturated carbocycles. The van der Waals surface area contributed by atoms with Gasteiger partial charge in [0.1, 0.15) is 17.0 Å². The summed E-state index contributed by atoms with van der Waals surface area (Å²) in [5, 5.41) is 13.6. The molecule has 1 atom stereocenters. The highest BCUT2D eigenvalue weighted by Crippen LogP contribution is 2.35. The lowest BCUT2D eigenvalue weighted by Gasteiger charge is -2.28. The third kappa shape index (κ3) is 7.53. The van der Waals surface area contributed by atoms with E-state index in [0.717, 1.165) is 6.07 Å². The molecule has 0 aliphatic rings. The fourth-order valence-electron chi connectivity index (χ4n) is 3.82. The maximum absolute atomic E-state index is 14.9. The van der Waals surface area contributed by atoms with Crippen LogP contribution in [0.25, 0.3) is 10.8 Å². The van der Waals surface area contributed by atoms with E-state index in [1.165, 1.54) is 32.5 Å². The number of amides is 2. The molecule has 3 rings (SSSR count). The smallest absolute Gasteiger partial charge is 0.425 e. The largest absolute Gasteiger partial charge is 0.493 e. The van der Waals surface area contributed by atoms with Crippen molar-refractivity contribution in [1.29, 1.82) is 0 Å². The molecular formula is C29H34FN3O8. The zero-order chi connectivity index (χ0) is 30.7. The van der Waals surface area contributed by atoms with Gasteiger partial charge in [-0.05, 0) is 77.3 Å². The normalized spacial score (nSPS) is 12.3. The molecule has 12 heteroatoms. The molecule has 2 amide bonds. The molecule has 0 saturated heterocycles. The summed E-state index contributed by atoms with van der Waals surface area (Å²) in [7, 11) is 2.70. The summed E-state index contributed by atoms with van der Waals surface area (Å²) in [6, 6.07) is 7.06. The van der Waals surface area contributed by atoms with E-state index < -0.39 is 41.2 Å². The Labute approximate surface area is 237 Å². The maximum atomic E-state index is 14.9. The molecule has 0 aliphatic carbocycles. The first-order valence-electron chi connectivity index (χ1n) is 12.6. The fraction of sp³-hybridized carbons (Fsp3) is 0.379. The summed E-state index contributed by atoms with van der Waals surface area (Å²) in [5.41, 5.74) is -1.68. The molecule has 1 heterocycles. The number of hydrogen-bond acceptors (Lipinski definition) is 9. The number of nitrogens with one attached hydrogen (secondary N) is 1. The summed E-state index contributed by atoms with van der Waals surface area (Å²) in [5.74, 6) is -1.91. The number of benzene rings is 2. The van der Waals surface area contributed by atoms with Gasteiger partial charge in [0, 0.05) is 28.9 Å². The van der Waals surface area contributed by atoms with Crippen LogP contribution < -0.4 is 19.7 Å². The lowest BCUT2D eigenvalue weighted by molar-refractivity contribution is -0.138. The maximum Gasteiger partial charge on any atom is 0.425 e. The van der Waals surface area contributed by atoms with Gasteiger partial charge in [0.05, 0.1) is 14.2 Å². The number of pyridine rings is 1. The highest BCUT2D eigenvalue weighted by atomic mass is 19.1. The average molecular weight is 572 g/mol. The van der Waals surface area contributed by atoms with Gasteiger partial charge in [0.2, 0.25) is 0 Å². The first kappa shape index (κ1) is 30.9. The Kier molecular flexibility index (Phi) is 8.95. The molecule has 1 aromatic heterocycles. The predicted octanol–water partition coefficient (Wildman–Crippen LogP) is 6.31. The number of carboxylic acids is 1. The van der Waals surface area contributed by atoms with Gasteiger partial charge in [-0.15, -0.1) is 0 Å². The van der Waals surface area contributed by atoms with Crippen LogP contribution in [0, 0.1) is 5.82 Å². The number of carbonyl (C=O) groups excluding carboxylic acids is 2. The minimum Gasteiger partial charge on any atom is -0.493 e. The Hall–Kier alpha value is -4.61. The molecule has 1 unspecified atom stereocenters. The molecule has 0 radical (unpaired) electrons. The molecule has 0 fully saturated rings. The highest BCUT2D eigenvalue weighted by Gasteiger charge is 2.34. The number of nitrogens with zero attached hydrogens (tertiary/aromatic N) is 2. The quantitative estimate of drug-likeness (QED) is 0.332. The summed E-state index contributed by atoms with van der Waals surface area (Å²) in [6.07, 6.45) is -0.584. The molecule has 0 bridgehead atoms. The van der Waals surface area contributed by atoms with Gasteiger partial charge in [0.25, 0.3) is 0 Å². The summed E-state index contributed by atoms with van der Waals surface area (Å²) < 4.78 is 36.1. The number of rotatable bonds is 7. The Balaban J connectivity index is 2.06. The molecule has 3 aromatic rings. The lowest BCUT2D eigenvalue weighted by Crippen LogP contribution is -2.44. The number of imide groups is 1. The summed E-state index contributed by atoms with van der Waals surface area (Å²) in [6.45, 7) is 9.96. The number of anilines is 2. The number of ether oxygens (including phenoxy) is 4. The van der Waals surface area contributed by atoms with Crippen LogP contribution in [0.3, 0.4) is 0 Å². The number of aliphatic carboxylic acids is 1. The van der Waals surface area contributed by atoms with Crippen LogP contribution in [0.4, 0.5) is 25.5 Å². The highest BCUT2D eigenvalue weighted by molar-refractivity contribution is 6.14. The standard InChI is InChI=1S/C29H34FN3O8/c1-28(2,3)40-26(36)33(27(37)41-29(4,5)6)24-18-10-9-17(13-16(18)11-12-31-24)32-23(25(34)35)19-14-21(38-7)22(39-8)15-20(19)30/h9-15,23,32H,1-8H3,(H,34,35). The van der Waals surface area contributed by atoms with Crippen molar-refractivity contribution in [3.05, 3.63) is 54.0 Å². The van der Waals surface area contributed by atoms with E-state index in [2.05, 4.69) is 10.3 Å². The molecule has 41 heavy (non-hydrogen) atoms. The average Bonchev–Trinajstić information content (AvgIpc) is 2.85. The number of hydrogen-bond donors (Lipinski definition) is 2. The van der Waals surface area contributed by atoms with Gasteiger partial charge in [-0.25, -0.2) is 23.8 Å². The fourth-order valence-corrected chi connectivity index (χ4v) is 3.82. The zero-order valence-corrected chi connectivity index (χ0v) is 24.2. The van der Waals surface area contributed by atoms with Gasteiger partial charge < -0.3 is 29.4 Å². The van der Waals surface area contributed by atoms with Crippen LogP contribution in [0.1, 0.15) is 53.1 Å². The van der Waals surface area contributed by atoms with Gasteiger partial charge in [0.15, 0.2) is 23.4 Å². The lowest BCUT2D eigenvalue weighted by atomic mass is 10.0. The third-order valence-electron chi connectivity index (χ3n) is 5.48. The number of carboxylic acid groups (broad SMARTS) is 1. The number of fused-ring (bicyclic) bond motifs is 1. The molecule has 11 nitrogen and oxygen atoms in total. The van der Waals surface area contributed by atoms with Crippen LogP contribution in [0.2, 0.25) is 0 Å². The van der Waals surface area contributed by atoms with E-state index in [1.54, 1.807) is 59.7 Å². The summed E-state index contributed by atoms with van der Waals surface area (Å²) in [4.78, 5) is 43.4. The van der Waals surface area contributed by atoms with Crippen molar-refractivity contribution in [1.82, 2.24) is 4.98 Å². The molecule has 0 spiro atoms. The van der Waals surface area contributed by atoms with Crippen LogP contribution in [0.5, 0.6) is 11.5 Å². The van der Waals surface area contributed by atoms with E-state index in [4.69, 9.17) is 18.9 Å². The minimum atomic E-state index is -1.49. The predicted molar refractivity (Wildman–Crippen MR) is 150 cm³/mol. The van der Waals surface area contributed by atoms with E-state index in [0.29, 0.717) is 21.4 Å². The second-order valence-corrected chi connectivity index (χ2v) is 11.0. The van der Waals surface area contributed by atoms with Crippen molar-refractivity contribution in [3.63, 3.8) is 0 Å². The van der Waals surface area contributed by atoms with Crippen LogP contribution >= 0.6 is 0 Å². The van der Waals surface area contributed by atoms with E-state index >= 15 is 0 Å². The van der Waals surface area contributed by atoms with E-state index in [9.17, 15) is 23.9 Å². The first-order valence-corrected chi connectivity index (χ1v) is 12.6. The van der Waals surface area contributed by atoms with Gasteiger partial charge in [-0.3, -0.25) is 0 Å². The molecule has 2 N–H and O–H groups in total. The molecule has 220 valence electrons. The van der Waals surface area contributed by atoms with Crippen molar-refractivity contribution in [2.24, 2.45) is 0 Å². The summed E-state index contributed by atoms with van der Waals surface area (Å²) >= 11 is 0. The van der Waals surface area contributed by atoms with Gasteiger partial charge in [-0.1, -0.05) is 0 Å². The van der Waals surface area contributed by atoms with Crippen LogP contribution in [0.15, 0.2) is 42.6 Å². The van der Waals surface area contributed by atoms with Crippen molar-refractivity contribution in [2.75, 3.05) is 24.4 Å².